The van der Waals surface area contributed by atoms with Crippen LogP contribution in [0.3, 0.4) is 0 Å². The van der Waals surface area contributed by atoms with Crippen molar-refractivity contribution in [2.45, 2.75) is 53.2 Å². The standard InChI is InChI=1S/C26H33NO5/c1-7-19(24(28)31-8-2)14-18-10-9-11-20(15-18)21-12-13-23(30-6)22(16-21)17-27-25(29)32-26(3,4)5/h9-16H,7-8,17H2,1-6H3,(H,27,29)/b19-14+. The number of nitrogens with one attached hydrogen (secondary N) is 1. The predicted molar refractivity (Wildman–Crippen MR) is 126 cm³/mol. The van der Waals surface area contributed by atoms with Gasteiger partial charge in [-0.1, -0.05) is 31.2 Å². The number of hydrogen-bond donors (Lipinski definition) is 1. The Morgan fingerprint density at radius 2 is 1.75 bits per heavy atom. The number of esters is 1. The first kappa shape index (κ1) is 25.0. The van der Waals surface area contributed by atoms with E-state index < -0.39 is 11.7 Å². The summed E-state index contributed by atoms with van der Waals surface area (Å²) in [5.74, 6) is 0.386. The summed E-state index contributed by atoms with van der Waals surface area (Å²) in [6, 6.07) is 13.7. The van der Waals surface area contributed by atoms with Crippen molar-refractivity contribution in [3.63, 3.8) is 0 Å². The Labute approximate surface area is 190 Å². The molecule has 0 aromatic heterocycles. The molecule has 0 aliphatic carbocycles. The molecule has 0 atom stereocenters. The summed E-state index contributed by atoms with van der Waals surface area (Å²) in [6.07, 6.45) is 1.96. The van der Waals surface area contributed by atoms with Crippen molar-refractivity contribution in [1.82, 2.24) is 5.32 Å². The van der Waals surface area contributed by atoms with E-state index in [4.69, 9.17) is 14.2 Å². The van der Waals surface area contributed by atoms with E-state index in [1.165, 1.54) is 0 Å². The number of benzene rings is 2. The zero-order chi connectivity index (χ0) is 23.7. The van der Waals surface area contributed by atoms with Gasteiger partial charge < -0.3 is 19.5 Å². The van der Waals surface area contributed by atoms with Crippen molar-refractivity contribution in [2.24, 2.45) is 0 Å². The van der Waals surface area contributed by atoms with Gasteiger partial charge in [0.25, 0.3) is 0 Å². The molecule has 0 aliphatic rings. The lowest BCUT2D eigenvalue weighted by Crippen LogP contribution is -2.32. The molecule has 0 heterocycles. The molecule has 172 valence electrons. The normalized spacial score (nSPS) is 11.6. The Hall–Kier alpha value is -3.28. The van der Waals surface area contributed by atoms with Crippen LogP contribution in [-0.4, -0.2) is 31.4 Å². The second kappa shape index (κ2) is 11.4. The molecular formula is C26H33NO5. The lowest BCUT2D eigenvalue weighted by atomic mass is 9.99. The quantitative estimate of drug-likeness (QED) is 0.419. The molecule has 0 saturated heterocycles. The minimum atomic E-state index is -0.565. The van der Waals surface area contributed by atoms with E-state index in [0.29, 0.717) is 24.4 Å². The topological polar surface area (TPSA) is 73.9 Å². The molecular weight excluding hydrogens is 406 g/mol. The monoisotopic (exact) mass is 439 g/mol. The van der Waals surface area contributed by atoms with Crippen LogP contribution in [0.25, 0.3) is 17.2 Å². The Kier molecular flexibility index (Phi) is 8.88. The smallest absolute Gasteiger partial charge is 0.407 e. The zero-order valence-corrected chi connectivity index (χ0v) is 19.8. The molecule has 0 spiro atoms. The molecule has 0 aliphatic heterocycles. The zero-order valence-electron chi connectivity index (χ0n) is 19.8. The Balaban J connectivity index is 2.28. The lowest BCUT2D eigenvalue weighted by molar-refractivity contribution is -0.138. The summed E-state index contributed by atoms with van der Waals surface area (Å²) < 4.78 is 15.9. The maximum absolute atomic E-state index is 12.1. The van der Waals surface area contributed by atoms with Crippen LogP contribution in [0.4, 0.5) is 4.79 Å². The van der Waals surface area contributed by atoms with Crippen LogP contribution in [0.2, 0.25) is 0 Å². The first-order valence-corrected chi connectivity index (χ1v) is 10.8. The first-order chi connectivity index (χ1) is 15.2. The van der Waals surface area contributed by atoms with Crippen molar-refractivity contribution in [2.75, 3.05) is 13.7 Å². The van der Waals surface area contributed by atoms with Gasteiger partial charge in [-0.05, 0) is 75.1 Å². The second-order valence-corrected chi connectivity index (χ2v) is 8.25. The van der Waals surface area contributed by atoms with Gasteiger partial charge in [0.1, 0.15) is 11.4 Å². The van der Waals surface area contributed by atoms with E-state index in [-0.39, 0.29) is 12.5 Å². The molecule has 6 heteroatoms. The highest BCUT2D eigenvalue weighted by atomic mass is 16.6. The molecule has 1 N–H and O–H groups in total. The number of carbonyl (C=O) groups is 2. The van der Waals surface area contributed by atoms with Gasteiger partial charge in [0, 0.05) is 17.7 Å². The van der Waals surface area contributed by atoms with Crippen molar-refractivity contribution in [3.8, 4) is 16.9 Å². The maximum atomic E-state index is 12.1. The van der Waals surface area contributed by atoms with E-state index in [1.54, 1.807) is 14.0 Å². The highest BCUT2D eigenvalue weighted by Crippen LogP contribution is 2.28. The Bertz CT molecular complexity index is 972. The predicted octanol–water partition coefficient (Wildman–Crippen LogP) is 5.74. The Morgan fingerprint density at radius 1 is 1.03 bits per heavy atom. The van der Waals surface area contributed by atoms with Crippen LogP contribution in [-0.2, 0) is 20.8 Å². The van der Waals surface area contributed by atoms with E-state index in [0.717, 1.165) is 22.3 Å². The van der Waals surface area contributed by atoms with Crippen LogP contribution < -0.4 is 10.1 Å². The summed E-state index contributed by atoms with van der Waals surface area (Å²) in [7, 11) is 1.60. The summed E-state index contributed by atoms with van der Waals surface area (Å²) >= 11 is 0. The summed E-state index contributed by atoms with van der Waals surface area (Å²) in [5, 5.41) is 2.78. The SMILES string of the molecule is CCOC(=O)/C(=C/c1cccc(-c2ccc(OC)c(CNC(=O)OC(C)(C)C)c2)c1)CC. The van der Waals surface area contributed by atoms with Crippen molar-refractivity contribution >= 4 is 18.1 Å². The van der Waals surface area contributed by atoms with Gasteiger partial charge in [0.15, 0.2) is 0 Å². The number of hydrogen-bond acceptors (Lipinski definition) is 5. The minimum Gasteiger partial charge on any atom is -0.496 e. The fourth-order valence-corrected chi connectivity index (χ4v) is 3.12. The molecule has 2 aromatic rings. The van der Waals surface area contributed by atoms with Crippen LogP contribution in [0.15, 0.2) is 48.0 Å². The highest BCUT2D eigenvalue weighted by molar-refractivity contribution is 5.93. The fraction of sp³-hybridized carbons (Fsp3) is 0.385. The van der Waals surface area contributed by atoms with Crippen molar-refractivity contribution < 1.29 is 23.8 Å². The van der Waals surface area contributed by atoms with Gasteiger partial charge in [0.05, 0.1) is 13.7 Å². The van der Waals surface area contributed by atoms with Gasteiger partial charge in [0.2, 0.25) is 0 Å². The summed E-state index contributed by atoms with van der Waals surface area (Å²) in [6.45, 7) is 9.81. The molecule has 1 amide bonds. The summed E-state index contributed by atoms with van der Waals surface area (Å²) in [4.78, 5) is 24.2. The maximum Gasteiger partial charge on any atom is 0.407 e. The molecule has 0 fully saturated rings. The van der Waals surface area contributed by atoms with E-state index in [2.05, 4.69) is 5.32 Å². The van der Waals surface area contributed by atoms with Gasteiger partial charge in [-0.3, -0.25) is 0 Å². The van der Waals surface area contributed by atoms with Gasteiger partial charge in [-0.2, -0.15) is 0 Å². The number of ether oxygens (including phenoxy) is 3. The molecule has 2 aromatic carbocycles. The average Bonchev–Trinajstić information content (AvgIpc) is 2.75. The lowest BCUT2D eigenvalue weighted by Gasteiger charge is -2.20. The molecule has 0 bridgehead atoms. The third-order valence-corrected chi connectivity index (χ3v) is 4.58. The van der Waals surface area contributed by atoms with Gasteiger partial charge >= 0.3 is 12.1 Å². The van der Waals surface area contributed by atoms with Crippen molar-refractivity contribution in [3.05, 3.63) is 59.2 Å². The third-order valence-electron chi connectivity index (χ3n) is 4.58. The fourth-order valence-electron chi connectivity index (χ4n) is 3.12. The minimum absolute atomic E-state index is 0.272. The largest absolute Gasteiger partial charge is 0.496 e. The molecule has 32 heavy (non-hydrogen) atoms. The van der Waals surface area contributed by atoms with E-state index in [1.807, 2.05) is 76.2 Å². The second-order valence-electron chi connectivity index (χ2n) is 8.25. The molecule has 2 rings (SSSR count). The van der Waals surface area contributed by atoms with E-state index >= 15 is 0 Å². The van der Waals surface area contributed by atoms with Crippen LogP contribution >= 0.6 is 0 Å². The highest BCUT2D eigenvalue weighted by Gasteiger charge is 2.16. The van der Waals surface area contributed by atoms with Crippen LogP contribution in [0.1, 0.15) is 52.2 Å². The number of alkyl carbamates (subject to hydrolysis) is 1. The number of carbonyl (C=O) groups excluding carboxylic acids is 2. The third kappa shape index (κ3) is 7.45. The van der Waals surface area contributed by atoms with E-state index in [9.17, 15) is 9.59 Å². The average molecular weight is 440 g/mol. The first-order valence-electron chi connectivity index (χ1n) is 10.8. The van der Waals surface area contributed by atoms with Crippen LogP contribution in [0.5, 0.6) is 5.75 Å². The number of amides is 1. The molecule has 0 saturated carbocycles. The van der Waals surface area contributed by atoms with Crippen LogP contribution in [0, 0.1) is 0 Å². The number of methoxy groups -OCH3 is 1. The van der Waals surface area contributed by atoms with Gasteiger partial charge in [-0.25, -0.2) is 9.59 Å². The molecule has 0 radical (unpaired) electrons. The van der Waals surface area contributed by atoms with Crippen molar-refractivity contribution in [1.29, 1.82) is 0 Å². The number of rotatable bonds is 8. The Morgan fingerprint density at radius 3 is 2.38 bits per heavy atom. The van der Waals surface area contributed by atoms with Gasteiger partial charge in [-0.15, -0.1) is 0 Å². The molecule has 6 nitrogen and oxygen atoms in total. The summed E-state index contributed by atoms with van der Waals surface area (Å²) in [5.41, 5.74) is 3.76. The molecule has 0 unspecified atom stereocenters.